The summed E-state index contributed by atoms with van der Waals surface area (Å²) >= 11 is 0. The molecular formula is C17H22ClF3N4O2. The van der Waals surface area contributed by atoms with Gasteiger partial charge in [0.25, 0.3) is 5.91 Å². The van der Waals surface area contributed by atoms with Gasteiger partial charge >= 0.3 is 6.18 Å². The van der Waals surface area contributed by atoms with Crippen LogP contribution in [-0.4, -0.2) is 73.1 Å². The predicted octanol–water partition coefficient (Wildman–Crippen LogP) is 1.02. The molecule has 1 unspecified atom stereocenters. The molecule has 1 aromatic carbocycles. The number of alkyl halides is 3. The third-order valence-corrected chi connectivity index (χ3v) is 4.69. The number of fused-ring (bicyclic) bond motifs is 1. The van der Waals surface area contributed by atoms with Crippen molar-refractivity contribution in [2.24, 2.45) is 0 Å². The lowest BCUT2D eigenvalue weighted by molar-refractivity contribution is -0.184. The smallest absolute Gasteiger partial charge is 0.353 e. The lowest BCUT2D eigenvalue weighted by atomic mass is 10.1. The topological polar surface area (TPSA) is 64.7 Å². The summed E-state index contributed by atoms with van der Waals surface area (Å²) in [4.78, 5) is 27.0. The highest BCUT2D eigenvalue weighted by atomic mass is 35.5. The van der Waals surface area contributed by atoms with Gasteiger partial charge in [-0.3, -0.25) is 14.5 Å². The fourth-order valence-corrected chi connectivity index (χ4v) is 3.33. The molecule has 10 heteroatoms. The van der Waals surface area contributed by atoms with Crippen molar-refractivity contribution in [3.05, 3.63) is 35.4 Å². The number of carbonyl (C=O) groups is 2. The van der Waals surface area contributed by atoms with E-state index < -0.39 is 24.7 Å². The maximum atomic E-state index is 13.3. The monoisotopic (exact) mass is 406 g/mol. The fraction of sp³-hybridized carbons (Fsp3) is 0.529. The van der Waals surface area contributed by atoms with E-state index >= 15 is 0 Å². The Morgan fingerprint density at radius 1 is 1.22 bits per heavy atom. The lowest BCUT2D eigenvalue weighted by Crippen LogP contribution is -2.58. The number of halogens is 4. The number of hydrogen-bond donors (Lipinski definition) is 2. The van der Waals surface area contributed by atoms with Gasteiger partial charge in [-0.1, -0.05) is 18.2 Å². The Bertz CT molecular complexity index is 680. The molecule has 2 aliphatic heterocycles. The van der Waals surface area contributed by atoms with Crippen LogP contribution in [0.1, 0.15) is 15.9 Å². The van der Waals surface area contributed by atoms with Crippen LogP contribution in [0.15, 0.2) is 24.3 Å². The maximum absolute atomic E-state index is 13.3. The summed E-state index contributed by atoms with van der Waals surface area (Å²) in [6.07, 6.45) is -4.43. The van der Waals surface area contributed by atoms with Gasteiger partial charge in [-0.15, -0.1) is 12.4 Å². The lowest BCUT2D eigenvalue weighted by Gasteiger charge is -2.36. The molecule has 27 heavy (non-hydrogen) atoms. The van der Waals surface area contributed by atoms with Crippen LogP contribution in [-0.2, 0) is 11.3 Å². The van der Waals surface area contributed by atoms with Crippen molar-refractivity contribution in [1.82, 2.24) is 20.4 Å². The Hall–Kier alpha value is -1.84. The van der Waals surface area contributed by atoms with Crippen molar-refractivity contribution >= 4 is 24.2 Å². The number of carbonyl (C=O) groups excluding carboxylic acids is 2. The minimum atomic E-state index is -4.43. The quantitative estimate of drug-likeness (QED) is 0.766. The molecular weight excluding hydrogens is 385 g/mol. The molecule has 0 saturated carbocycles. The van der Waals surface area contributed by atoms with Gasteiger partial charge in [0.05, 0.1) is 0 Å². The Morgan fingerprint density at radius 2 is 1.89 bits per heavy atom. The van der Waals surface area contributed by atoms with Crippen LogP contribution in [0.25, 0.3) is 0 Å². The van der Waals surface area contributed by atoms with E-state index in [1.54, 1.807) is 24.3 Å². The van der Waals surface area contributed by atoms with Gasteiger partial charge in [-0.2, -0.15) is 13.2 Å². The third-order valence-electron chi connectivity index (χ3n) is 4.69. The van der Waals surface area contributed by atoms with Crippen LogP contribution in [0, 0.1) is 0 Å². The Morgan fingerprint density at radius 3 is 2.52 bits per heavy atom. The van der Waals surface area contributed by atoms with Crippen LogP contribution in [0.2, 0.25) is 0 Å². The zero-order valence-corrected chi connectivity index (χ0v) is 15.4. The second kappa shape index (κ2) is 8.90. The largest absolute Gasteiger partial charge is 0.405 e. The zero-order valence-electron chi connectivity index (χ0n) is 14.6. The van der Waals surface area contributed by atoms with Gasteiger partial charge in [0, 0.05) is 44.8 Å². The molecule has 150 valence electrons. The minimum absolute atomic E-state index is 0. The maximum Gasteiger partial charge on any atom is 0.405 e. The van der Waals surface area contributed by atoms with Crippen molar-refractivity contribution in [3.8, 4) is 0 Å². The van der Waals surface area contributed by atoms with Crippen LogP contribution in [0.3, 0.4) is 0 Å². The Kier molecular flexibility index (Phi) is 7.07. The normalized spacial score (nSPS) is 18.6. The molecule has 3 rings (SSSR count). The Balaban J connectivity index is 0.00000261. The summed E-state index contributed by atoms with van der Waals surface area (Å²) in [6.45, 7) is 1.06. The van der Waals surface area contributed by atoms with E-state index in [4.69, 9.17) is 0 Å². The van der Waals surface area contributed by atoms with Crippen LogP contribution in [0.4, 0.5) is 13.2 Å². The first-order valence-corrected chi connectivity index (χ1v) is 8.51. The van der Waals surface area contributed by atoms with Gasteiger partial charge in [-0.05, 0) is 11.6 Å². The summed E-state index contributed by atoms with van der Waals surface area (Å²) in [5.74, 6) is -0.860. The van der Waals surface area contributed by atoms with E-state index in [1.807, 2.05) is 0 Å². The summed E-state index contributed by atoms with van der Waals surface area (Å²) in [7, 11) is 0. The van der Waals surface area contributed by atoms with E-state index in [-0.39, 0.29) is 37.9 Å². The van der Waals surface area contributed by atoms with Crippen molar-refractivity contribution in [2.75, 3.05) is 39.3 Å². The van der Waals surface area contributed by atoms with E-state index in [9.17, 15) is 22.8 Å². The number of nitrogens with zero attached hydrogens (tertiary/aromatic N) is 2. The standard InChI is InChI=1S/C17H21F3N4O2.ClH/c18-17(19,20)14(23-7-5-21-6-8-23)9-22-15(25)11-24-10-12-3-1-2-4-13(12)16(24)26;/h1-4,14,21H,5-11H2,(H,22,25);1H. The first-order chi connectivity index (χ1) is 12.4. The van der Waals surface area contributed by atoms with Crippen molar-refractivity contribution in [1.29, 1.82) is 0 Å². The molecule has 2 heterocycles. The molecule has 1 atom stereocenters. The van der Waals surface area contributed by atoms with Gasteiger partial charge < -0.3 is 15.5 Å². The van der Waals surface area contributed by atoms with E-state index in [0.29, 0.717) is 25.2 Å². The van der Waals surface area contributed by atoms with Crippen molar-refractivity contribution in [3.63, 3.8) is 0 Å². The number of piperazine rings is 1. The van der Waals surface area contributed by atoms with Gasteiger partial charge in [0.2, 0.25) is 5.91 Å². The molecule has 0 aliphatic carbocycles. The highest BCUT2D eigenvalue weighted by molar-refractivity contribution is 6.00. The molecule has 2 aliphatic rings. The predicted molar refractivity (Wildman–Crippen MR) is 95.7 cm³/mol. The highest BCUT2D eigenvalue weighted by Crippen LogP contribution is 2.25. The number of benzene rings is 1. The van der Waals surface area contributed by atoms with Crippen LogP contribution >= 0.6 is 12.4 Å². The molecule has 1 fully saturated rings. The molecule has 6 nitrogen and oxygen atoms in total. The highest BCUT2D eigenvalue weighted by Gasteiger charge is 2.44. The Labute approximate surface area is 161 Å². The first-order valence-electron chi connectivity index (χ1n) is 8.51. The minimum Gasteiger partial charge on any atom is -0.353 e. The van der Waals surface area contributed by atoms with E-state index in [2.05, 4.69) is 10.6 Å². The number of amides is 2. The van der Waals surface area contributed by atoms with Gasteiger partial charge in [0.1, 0.15) is 12.6 Å². The summed E-state index contributed by atoms with van der Waals surface area (Å²) in [5.41, 5.74) is 1.36. The van der Waals surface area contributed by atoms with Crippen LogP contribution in [0.5, 0.6) is 0 Å². The van der Waals surface area contributed by atoms with Crippen molar-refractivity contribution in [2.45, 2.75) is 18.8 Å². The second-order valence-corrected chi connectivity index (χ2v) is 6.47. The average molecular weight is 407 g/mol. The van der Waals surface area contributed by atoms with E-state index in [1.165, 1.54) is 9.80 Å². The number of rotatable bonds is 5. The fourth-order valence-electron chi connectivity index (χ4n) is 3.33. The van der Waals surface area contributed by atoms with Crippen molar-refractivity contribution < 1.29 is 22.8 Å². The van der Waals surface area contributed by atoms with Gasteiger partial charge in [0.15, 0.2) is 0 Å². The first kappa shape index (κ1) is 21.5. The number of hydrogen-bond acceptors (Lipinski definition) is 4. The molecule has 0 radical (unpaired) electrons. The molecule has 2 N–H and O–H groups in total. The van der Waals surface area contributed by atoms with Crippen LogP contribution < -0.4 is 10.6 Å². The second-order valence-electron chi connectivity index (χ2n) is 6.47. The molecule has 1 saturated heterocycles. The number of nitrogens with one attached hydrogen (secondary N) is 2. The summed E-state index contributed by atoms with van der Waals surface area (Å²) in [5, 5.41) is 5.35. The van der Waals surface area contributed by atoms with Gasteiger partial charge in [-0.25, -0.2) is 0 Å². The molecule has 2 amide bonds. The average Bonchev–Trinajstić information content (AvgIpc) is 2.91. The molecule has 0 aromatic heterocycles. The van der Waals surface area contributed by atoms with E-state index in [0.717, 1.165) is 5.56 Å². The molecule has 1 aromatic rings. The zero-order chi connectivity index (χ0) is 18.7. The SMILES string of the molecule is Cl.O=C(CN1Cc2ccccc2C1=O)NCC(N1CCNCC1)C(F)(F)F. The molecule has 0 bridgehead atoms. The summed E-state index contributed by atoms with van der Waals surface area (Å²) in [6, 6.07) is 5.30. The molecule has 0 spiro atoms. The summed E-state index contributed by atoms with van der Waals surface area (Å²) < 4.78 is 40.0. The third kappa shape index (κ3) is 5.12.